The van der Waals surface area contributed by atoms with E-state index in [1.54, 1.807) is 56.7 Å². The van der Waals surface area contributed by atoms with Gasteiger partial charge < -0.3 is 35.1 Å². The Balaban J connectivity index is 1.95. The van der Waals surface area contributed by atoms with Crippen LogP contribution in [0, 0.1) is 0 Å². The highest BCUT2D eigenvalue weighted by molar-refractivity contribution is 6.05. The number of methoxy groups -OCH3 is 4. The maximum Gasteiger partial charge on any atom is 0.248 e. The largest absolute Gasteiger partial charge is 0.504 e. The molecule has 3 aromatic rings. The van der Waals surface area contributed by atoms with Gasteiger partial charge in [-0.1, -0.05) is 30.4 Å². The number of benzene rings is 3. The van der Waals surface area contributed by atoms with E-state index in [1.165, 1.54) is 26.4 Å². The van der Waals surface area contributed by atoms with E-state index in [9.17, 15) is 9.90 Å². The van der Waals surface area contributed by atoms with Crippen LogP contribution in [0.5, 0.6) is 28.7 Å². The third-order valence-electron chi connectivity index (χ3n) is 5.17. The Labute approximate surface area is 204 Å². The fourth-order valence-corrected chi connectivity index (χ4v) is 3.44. The number of ether oxygens (including phenoxy) is 4. The molecule has 0 radical (unpaired) electrons. The summed E-state index contributed by atoms with van der Waals surface area (Å²) in [7, 11) is 6.03. The molecule has 1 amide bonds. The lowest BCUT2D eigenvalue weighted by Crippen LogP contribution is -2.10. The Hall–Kier alpha value is -4.59. The summed E-state index contributed by atoms with van der Waals surface area (Å²) in [4.78, 5) is 12.7. The second-order valence-corrected chi connectivity index (χ2v) is 7.33. The van der Waals surface area contributed by atoms with Crippen LogP contribution in [0.1, 0.15) is 16.7 Å². The Kier molecular flexibility index (Phi) is 8.24. The van der Waals surface area contributed by atoms with E-state index in [1.807, 2.05) is 18.2 Å². The average Bonchev–Trinajstić information content (AvgIpc) is 2.87. The predicted octanol–water partition coefficient (Wildman–Crippen LogP) is 4.83. The Morgan fingerprint density at radius 3 is 2.09 bits per heavy atom. The minimum Gasteiger partial charge on any atom is -0.504 e. The fourth-order valence-electron chi connectivity index (χ4n) is 3.44. The molecule has 3 rings (SSSR count). The van der Waals surface area contributed by atoms with Crippen LogP contribution in [0.15, 0.2) is 54.6 Å². The number of hydrogen-bond donors (Lipinski definition) is 3. The number of aromatic hydroxyl groups is 1. The van der Waals surface area contributed by atoms with Crippen molar-refractivity contribution >= 4 is 35.5 Å². The number of carbonyl (C=O) groups excluding carboxylic acids is 1. The molecule has 0 atom stereocenters. The molecule has 0 aliphatic heterocycles. The Morgan fingerprint density at radius 1 is 0.829 bits per heavy atom. The van der Waals surface area contributed by atoms with Gasteiger partial charge in [-0.05, 0) is 47.5 Å². The molecule has 3 aromatic carbocycles. The summed E-state index contributed by atoms with van der Waals surface area (Å²) in [5, 5.41) is 13.1. The van der Waals surface area contributed by atoms with Crippen LogP contribution < -0.4 is 30.0 Å². The Bertz CT molecular complexity index is 1240. The number of nitrogens with one attached hydrogen (secondary N) is 1. The zero-order valence-electron chi connectivity index (χ0n) is 20.0. The van der Waals surface area contributed by atoms with Crippen LogP contribution in [0.4, 0.5) is 11.4 Å². The minimum atomic E-state index is -0.417. The van der Waals surface area contributed by atoms with E-state index in [4.69, 9.17) is 24.7 Å². The molecular formula is C27H28N2O6. The minimum absolute atomic E-state index is 0.107. The van der Waals surface area contributed by atoms with E-state index in [2.05, 4.69) is 5.32 Å². The van der Waals surface area contributed by atoms with Gasteiger partial charge in [0.15, 0.2) is 23.0 Å². The molecule has 0 fully saturated rings. The summed E-state index contributed by atoms with van der Waals surface area (Å²) in [6.45, 7) is 0. The number of hydrogen-bond acceptors (Lipinski definition) is 7. The first kappa shape index (κ1) is 25.0. The van der Waals surface area contributed by atoms with Crippen molar-refractivity contribution < 1.29 is 28.8 Å². The van der Waals surface area contributed by atoms with E-state index in [0.717, 1.165) is 5.56 Å². The van der Waals surface area contributed by atoms with Crippen LogP contribution in [-0.4, -0.2) is 39.5 Å². The molecule has 0 aliphatic carbocycles. The summed E-state index contributed by atoms with van der Waals surface area (Å²) in [6.07, 6.45) is 6.57. The lowest BCUT2D eigenvalue weighted by molar-refractivity contribution is -0.111. The van der Waals surface area contributed by atoms with Crippen molar-refractivity contribution in [2.24, 2.45) is 0 Å². The summed E-state index contributed by atoms with van der Waals surface area (Å²) in [5.74, 6) is 1.11. The van der Waals surface area contributed by atoms with Crippen molar-refractivity contribution in [2.75, 3.05) is 39.5 Å². The highest BCUT2D eigenvalue weighted by atomic mass is 16.5. The topological polar surface area (TPSA) is 112 Å². The number of phenols is 1. The number of rotatable bonds is 9. The number of anilines is 2. The van der Waals surface area contributed by atoms with E-state index >= 15 is 0 Å². The first-order valence-corrected chi connectivity index (χ1v) is 10.6. The van der Waals surface area contributed by atoms with Crippen molar-refractivity contribution in [3.8, 4) is 28.7 Å². The quantitative estimate of drug-likeness (QED) is 0.230. The van der Waals surface area contributed by atoms with Crippen LogP contribution in [0.3, 0.4) is 0 Å². The molecule has 8 heteroatoms. The molecule has 4 N–H and O–H groups in total. The highest BCUT2D eigenvalue weighted by Gasteiger charge is 2.15. The van der Waals surface area contributed by atoms with Gasteiger partial charge in [-0.25, -0.2) is 0 Å². The van der Waals surface area contributed by atoms with Crippen LogP contribution in [0.2, 0.25) is 0 Å². The summed E-state index contributed by atoms with van der Waals surface area (Å²) in [5.41, 5.74) is 8.89. The fraction of sp³-hybridized carbons (Fsp3) is 0.148. The molecule has 35 heavy (non-hydrogen) atoms. The van der Waals surface area contributed by atoms with Gasteiger partial charge in [0.2, 0.25) is 11.7 Å². The van der Waals surface area contributed by atoms with E-state index < -0.39 is 5.91 Å². The van der Waals surface area contributed by atoms with Gasteiger partial charge in [-0.15, -0.1) is 0 Å². The number of para-hydroxylation sites is 1. The molecule has 0 saturated carbocycles. The zero-order valence-corrected chi connectivity index (χ0v) is 20.0. The van der Waals surface area contributed by atoms with Crippen molar-refractivity contribution in [3.63, 3.8) is 0 Å². The molecule has 0 bridgehead atoms. The van der Waals surface area contributed by atoms with Gasteiger partial charge in [-0.2, -0.15) is 0 Å². The highest BCUT2D eigenvalue weighted by Crippen LogP contribution is 2.40. The summed E-state index contributed by atoms with van der Waals surface area (Å²) < 4.78 is 21.5. The average molecular weight is 477 g/mol. The molecule has 0 saturated heterocycles. The number of phenolic OH excluding ortho intramolecular Hbond substituents is 1. The summed E-state index contributed by atoms with van der Waals surface area (Å²) in [6, 6.07) is 13.9. The molecule has 182 valence electrons. The maximum absolute atomic E-state index is 12.7. The first-order valence-electron chi connectivity index (χ1n) is 10.6. The third kappa shape index (κ3) is 5.86. The maximum atomic E-state index is 12.7. The number of amides is 1. The van der Waals surface area contributed by atoms with Gasteiger partial charge in [0.05, 0.1) is 34.1 Å². The van der Waals surface area contributed by atoms with Crippen LogP contribution in [-0.2, 0) is 4.79 Å². The van der Waals surface area contributed by atoms with Crippen molar-refractivity contribution in [1.29, 1.82) is 0 Å². The molecule has 0 aromatic heterocycles. The van der Waals surface area contributed by atoms with Crippen LogP contribution >= 0.6 is 0 Å². The molecule has 0 heterocycles. The first-order chi connectivity index (χ1) is 16.9. The monoisotopic (exact) mass is 476 g/mol. The van der Waals surface area contributed by atoms with Gasteiger partial charge in [0.1, 0.15) is 0 Å². The molecule has 8 nitrogen and oxygen atoms in total. The smallest absolute Gasteiger partial charge is 0.248 e. The normalized spacial score (nSPS) is 11.0. The Morgan fingerprint density at radius 2 is 1.49 bits per heavy atom. The number of carbonyl (C=O) groups is 1. The summed E-state index contributed by atoms with van der Waals surface area (Å²) >= 11 is 0. The van der Waals surface area contributed by atoms with Gasteiger partial charge in [0.25, 0.3) is 0 Å². The van der Waals surface area contributed by atoms with Gasteiger partial charge in [0, 0.05) is 17.3 Å². The second-order valence-electron chi connectivity index (χ2n) is 7.33. The van der Waals surface area contributed by atoms with E-state index in [0.29, 0.717) is 39.8 Å². The second kappa shape index (κ2) is 11.5. The molecule has 0 unspecified atom stereocenters. The third-order valence-corrected chi connectivity index (χ3v) is 5.17. The standard InChI is InChI=1S/C27H28N2O6/c1-32-22-15-17(16-23(33-2)27(22)35-4)9-10-19-11-13-21(30)26(34-3)25(19)29-24(31)14-12-18-7-5-6-8-20(18)28/h5-16,30H,28H2,1-4H3,(H,29,31)/b10-9+,14-12+. The van der Waals surface area contributed by atoms with Crippen molar-refractivity contribution in [1.82, 2.24) is 0 Å². The molecule has 0 spiro atoms. The van der Waals surface area contributed by atoms with Crippen molar-refractivity contribution in [3.05, 3.63) is 71.3 Å². The lowest BCUT2D eigenvalue weighted by atomic mass is 10.1. The predicted molar refractivity (Wildman–Crippen MR) is 138 cm³/mol. The number of nitrogen functional groups attached to an aromatic ring is 1. The number of nitrogens with two attached hydrogens (primary N) is 1. The van der Waals surface area contributed by atoms with Gasteiger partial charge >= 0.3 is 0 Å². The zero-order chi connectivity index (χ0) is 25.4. The van der Waals surface area contributed by atoms with Crippen molar-refractivity contribution in [2.45, 2.75) is 0 Å². The van der Waals surface area contributed by atoms with Gasteiger partial charge in [-0.3, -0.25) is 4.79 Å². The molecule has 0 aliphatic rings. The molecular weight excluding hydrogens is 448 g/mol. The SMILES string of the molecule is COc1cc(/C=C/c2ccc(O)c(OC)c2NC(=O)/C=C/c2ccccc2N)cc(OC)c1OC. The van der Waals surface area contributed by atoms with E-state index in [-0.39, 0.29) is 11.5 Å². The van der Waals surface area contributed by atoms with Crippen LogP contribution in [0.25, 0.3) is 18.2 Å². The lowest BCUT2D eigenvalue weighted by Gasteiger charge is -2.14.